The van der Waals surface area contributed by atoms with Gasteiger partial charge in [0.05, 0.1) is 0 Å². The second-order valence-corrected chi connectivity index (χ2v) is 21.2. The van der Waals surface area contributed by atoms with Crippen LogP contribution in [0.1, 0.15) is 330 Å². The average Bonchev–Trinajstić information content (AvgIpc) is 3.28. The molecule has 0 bridgehead atoms. The van der Waals surface area contributed by atoms with Crippen molar-refractivity contribution in [3.63, 3.8) is 0 Å². The topological polar surface area (TPSA) is 78.9 Å². The minimum absolute atomic E-state index is 0.0632. The number of hydrogen-bond acceptors (Lipinski definition) is 6. The van der Waals surface area contributed by atoms with Gasteiger partial charge in [0, 0.05) is 19.3 Å². The maximum absolute atomic E-state index is 12.8. The Bertz CT molecular complexity index is 993. The molecule has 0 heterocycles. The van der Waals surface area contributed by atoms with Crippen LogP contribution in [0.5, 0.6) is 0 Å². The van der Waals surface area contributed by atoms with Crippen molar-refractivity contribution < 1.29 is 28.6 Å². The van der Waals surface area contributed by atoms with Crippen molar-refractivity contribution in [2.45, 2.75) is 336 Å². The number of rotatable bonds is 53. The predicted molar refractivity (Wildman–Crippen MR) is 280 cm³/mol. The number of unbranched alkanes of at least 4 members (excludes halogenated alkanes) is 38. The Balaban J connectivity index is 4.22. The summed E-state index contributed by atoms with van der Waals surface area (Å²) in [5.74, 6) is 0.797. The summed E-state index contributed by atoms with van der Waals surface area (Å²) in [5, 5.41) is 0. The van der Waals surface area contributed by atoms with E-state index in [4.69, 9.17) is 14.2 Å². The van der Waals surface area contributed by atoms with E-state index in [1.807, 2.05) is 0 Å². The summed E-state index contributed by atoms with van der Waals surface area (Å²) in [6, 6.07) is 0. The molecule has 0 spiro atoms. The van der Waals surface area contributed by atoms with Gasteiger partial charge in [0.2, 0.25) is 0 Å². The molecule has 0 saturated carbocycles. The largest absolute Gasteiger partial charge is 0.462 e. The molecule has 6 heteroatoms. The number of ether oxygens (including phenoxy) is 3. The van der Waals surface area contributed by atoms with Crippen LogP contribution in [-0.4, -0.2) is 37.2 Å². The summed E-state index contributed by atoms with van der Waals surface area (Å²) in [6.07, 6.45) is 55.4. The summed E-state index contributed by atoms with van der Waals surface area (Å²) in [6.45, 7) is 11.4. The van der Waals surface area contributed by atoms with E-state index < -0.39 is 6.10 Å². The fourth-order valence-electron chi connectivity index (χ4n) is 9.05. The Kier molecular flexibility index (Phi) is 50.5. The molecule has 0 aromatic heterocycles. The molecule has 1 atom stereocenters. The van der Waals surface area contributed by atoms with Crippen LogP contribution in [0, 0.1) is 11.8 Å². The SMILES string of the molecule is CCCCCCCCCCCCCCCCCCC(=O)OC[C@@H](COC(=O)CCCCCCCCCC(C)C)OC(=O)CCCCCCCCCCCCCCCCCCCCC(C)C. The van der Waals surface area contributed by atoms with Crippen LogP contribution >= 0.6 is 0 Å². The second kappa shape index (κ2) is 51.8. The Morgan fingerprint density at radius 1 is 0.292 bits per heavy atom. The maximum atomic E-state index is 12.8. The summed E-state index contributed by atoms with van der Waals surface area (Å²) in [4.78, 5) is 38.1. The molecule has 6 nitrogen and oxygen atoms in total. The third-order valence-corrected chi connectivity index (χ3v) is 13.5. The van der Waals surface area contributed by atoms with Crippen LogP contribution in [0.15, 0.2) is 0 Å². The monoisotopic (exact) mass is 919 g/mol. The van der Waals surface area contributed by atoms with Gasteiger partial charge in [0.25, 0.3) is 0 Å². The first-order chi connectivity index (χ1) is 31.7. The third kappa shape index (κ3) is 53.2. The molecular formula is C59H114O6. The first-order valence-electron chi connectivity index (χ1n) is 29.2. The lowest BCUT2D eigenvalue weighted by atomic mass is 10.0. The van der Waals surface area contributed by atoms with Crippen molar-refractivity contribution in [2.75, 3.05) is 13.2 Å². The lowest BCUT2D eigenvalue weighted by Crippen LogP contribution is -2.30. The maximum Gasteiger partial charge on any atom is 0.306 e. The molecule has 0 radical (unpaired) electrons. The minimum atomic E-state index is -0.763. The molecule has 0 aliphatic carbocycles. The van der Waals surface area contributed by atoms with E-state index in [1.54, 1.807) is 0 Å². The van der Waals surface area contributed by atoms with Crippen LogP contribution in [0.2, 0.25) is 0 Å². The number of carbonyl (C=O) groups excluding carboxylic acids is 3. The molecule has 0 aliphatic rings. The Morgan fingerprint density at radius 3 is 0.754 bits per heavy atom. The predicted octanol–water partition coefficient (Wildman–Crippen LogP) is 19.3. The van der Waals surface area contributed by atoms with Crippen molar-refractivity contribution in [1.82, 2.24) is 0 Å². The van der Waals surface area contributed by atoms with E-state index in [2.05, 4.69) is 34.6 Å². The molecule has 0 fully saturated rings. The van der Waals surface area contributed by atoms with Gasteiger partial charge in [-0.2, -0.15) is 0 Å². The van der Waals surface area contributed by atoms with Crippen molar-refractivity contribution in [3.05, 3.63) is 0 Å². The summed E-state index contributed by atoms with van der Waals surface area (Å²) < 4.78 is 16.9. The molecule has 0 aromatic carbocycles. The molecule has 0 aliphatic heterocycles. The summed E-state index contributed by atoms with van der Waals surface area (Å²) in [5.41, 5.74) is 0. The quantitative estimate of drug-likeness (QED) is 0.0344. The summed E-state index contributed by atoms with van der Waals surface area (Å²) >= 11 is 0. The highest BCUT2D eigenvalue weighted by molar-refractivity contribution is 5.71. The van der Waals surface area contributed by atoms with E-state index in [0.717, 1.165) is 69.6 Å². The lowest BCUT2D eigenvalue weighted by Gasteiger charge is -2.18. The van der Waals surface area contributed by atoms with Gasteiger partial charge in [0.1, 0.15) is 13.2 Å². The molecular weight excluding hydrogens is 805 g/mol. The van der Waals surface area contributed by atoms with E-state index in [1.165, 1.54) is 218 Å². The first-order valence-corrected chi connectivity index (χ1v) is 29.2. The Morgan fingerprint density at radius 2 is 0.508 bits per heavy atom. The van der Waals surface area contributed by atoms with Gasteiger partial charge in [-0.15, -0.1) is 0 Å². The van der Waals surface area contributed by atoms with Crippen LogP contribution < -0.4 is 0 Å². The van der Waals surface area contributed by atoms with Gasteiger partial charge in [-0.3, -0.25) is 14.4 Å². The van der Waals surface area contributed by atoms with E-state index in [-0.39, 0.29) is 31.1 Å². The minimum Gasteiger partial charge on any atom is -0.462 e. The standard InChI is InChI=1S/C59H114O6/c1-6-7-8-9-10-11-12-13-14-20-23-26-29-34-39-44-49-57(60)63-52-56(53-64-58(61)50-45-40-36-31-33-38-43-48-55(4)5)65-59(62)51-46-41-35-30-27-24-21-18-16-15-17-19-22-25-28-32-37-42-47-54(2)3/h54-56H,6-53H2,1-5H3/t56-/m0/s1. The molecule has 386 valence electrons. The molecule has 0 N–H and O–H groups in total. The van der Waals surface area contributed by atoms with Crippen LogP contribution in [-0.2, 0) is 28.6 Å². The van der Waals surface area contributed by atoms with Crippen molar-refractivity contribution in [2.24, 2.45) is 11.8 Å². The van der Waals surface area contributed by atoms with Crippen LogP contribution in [0.4, 0.5) is 0 Å². The van der Waals surface area contributed by atoms with Gasteiger partial charge in [-0.25, -0.2) is 0 Å². The first kappa shape index (κ1) is 63.4. The lowest BCUT2D eigenvalue weighted by molar-refractivity contribution is -0.167. The third-order valence-electron chi connectivity index (χ3n) is 13.5. The van der Waals surface area contributed by atoms with Crippen molar-refractivity contribution in [1.29, 1.82) is 0 Å². The highest BCUT2D eigenvalue weighted by atomic mass is 16.6. The van der Waals surface area contributed by atoms with Gasteiger partial charge >= 0.3 is 17.9 Å². The molecule has 0 saturated heterocycles. The Hall–Kier alpha value is -1.59. The van der Waals surface area contributed by atoms with Crippen LogP contribution in [0.25, 0.3) is 0 Å². The number of hydrogen-bond donors (Lipinski definition) is 0. The van der Waals surface area contributed by atoms with Gasteiger partial charge < -0.3 is 14.2 Å². The zero-order chi connectivity index (χ0) is 47.5. The van der Waals surface area contributed by atoms with E-state index >= 15 is 0 Å². The van der Waals surface area contributed by atoms with E-state index in [0.29, 0.717) is 19.3 Å². The molecule has 0 aromatic rings. The number of esters is 3. The summed E-state index contributed by atoms with van der Waals surface area (Å²) in [7, 11) is 0. The zero-order valence-corrected chi connectivity index (χ0v) is 44.6. The van der Waals surface area contributed by atoms with Crippen molar-refractivity contribution >= 4 is 17.9 Å². The zero-order valence-electron chi connectivity index (χ0n) is 44.6. The fourth-order valence-corrected chi connectivity index (χ4v) is 9.05. The van der Waals surface area contributed by atoms with Crippen LogP contribution in [0.3, 0.4) is 0 Å². The molecule has 0 unspecified atom stereocenters. The number of carbonyl (C=O) groups is 3. The van der Waals surface area contributed by atoms with Gasteiger partial charge in [-0.1, -0.05) is 291 Å². The second-order valence-electron chi connectivity index (χ2n) is 21.2. The smallest absolute Gasteiger partial charge is 0.306 e. The molecule has 0 rings (SSSR count). The highest BCUT2D eigenvalue weighted by Gasteiger charge is 2.19. The van der Waals surface area contributed by atoms with E-state index in [9.17, 15) is 14.4 Å². The van der Waals surface area contributed by atoms with Gasteiger partial charge in [-0.05, 0) is 31.1 Å². The normalized spacial score (nSPS) is 12.0. The van der Waals surface area contributed by atoms with Gasteiger partial charge in [0.15, 0.2) is 6.10 Å². The molecule has 0 amide bonds. The average molecular weight is 920 g/mol. The Labute approximate surface area is 406 Å². The highest BCUT2D eigenvalue weighted by Crippen LogP contribution is 2.18. The molecule has 65 heavy (non-hydrogen) atoms. The fraction of sp³-hybridized carbons (Fsp3) is 0.949. The van der Waals surface area contributed by atoms with Crippen molar-refractivity contribution in [3.8, 4) is 0 Å².